The Kier molecular flexibility index (Phi) is 4.26. The topological polar surface area (TPSA) is 26.0 Å². The van der Waals surface area contributed by atoms with E-state index in [9.17, 15) is 4.39 Å². The van der Waals surface area contributed by atoms with E-state index in [4.69, 9.17) is 17.3 Å². The highest BCUT2D eigenvalue weighted by Gasteiger charge is 2.17. The number of hydrogen-bond donors (Lipinski definition) is 1. The van der Waals surface area contributed by atoms with Crippen LogP contribution in [0.25, 0.3) is 0 Å². The predicted octanol–water partition coefficient (Wildman–Crippen LogP) is 5.11. The minimum Gasteiger partial charge on any atom is -0.320 e. The average molecular weight is 400 g/mol. The molecule has 2 aromatic rings. The molecule has 0 radical (unpaired) electrons. The molecule has 1 aromatic carbocycles. The van der Waals surface area contributed by atoms with Crippen molar-refractivity contribution in [3.8, 4) is 0 Å². The number of nitrogens with two attached hydrogens (primary N) is 1. The standard InChI is InChI=1S/C11H7Br2ClFNS/c12-7-4-9(17-11(7)13)10(16)6-3-5(15)1-2-8(6)14/h1-4,10H,16H2. The van der Waals surface area contributed by atoms with Gasteiger partial charge in [-0.1, -0.05) is 11.6 Å². The Morgan fingerprint density at radius 2 is 2.00 bits per heavy atom. The van der Waals surface area contributed by atoms with Crippen molar-refractivity contribution >= 4 is 54.8 Å². The van der Waals surface area contributed by atoms with E-state index in [0.717, 1.165) is 13.1 Å². The third-order valence-corrected chi connectivity index (χ3v) is 5.95. The molecule has 6 heteroatoms. The molecule has 0 aliphatic rings. The second-order valence-electron chi connectivity index (χ2n) is 3.41. The van der Waals surface area contributed by atoms with Gasteiger partial charge in [0, 0.05) is 14.4 Å². The number of halogens is 4. The van der Waals surface area contributed by atoms with Gasteiger partial charge in [-0.05, 0) is 61.7 Å². The van der Waals surface area contributed by atoms with Crippen LogP contribution in [0.2, 0.25) is 5.02 Å². The van der Waals surface area contributed by atoms with Crippen LogP contribution in [0.4, 0.5) is 4.39 Å². The first kappa shape index (κ1) is 13.5. The van der Waals surface area contributed by atoms with Crippen molar-refractivity contribution in [2.75, 3.05) is 0 Å². The Bertz CT molecular complexity index is 539. The molecule has 0 saturated heterocycles. The zero-order valence-corrected chi connectivity index (χ0v) is 13.1. The number of hydrogen-bond acceptors (Lipinski definition) is 2. The van der Waals surface area contributed by atoms with Crippen LogP contribution in [0.15, 0.2) is 32.5 Å². The molecule has 2 N–H and O–H groups in total. The van der Waals surface area contributed by atoms with E-state index in [-0.39, 0.29) is 5.82 Å². The van der Waals surface area contributed by atoms with Crippen molar-refractivity contribution in [3.05, 3.63) is 53.8 Å². The molecule has 0 bridgehead atoms. The summed E-state index contributed by atoms with van der Waals surface area (Å²) >= 11 is 14.3. The first-order valence-electron chi connectivity index (χ1n) is 4.64. The van der Waals surface area contributed by atoms with Gasteiger partial charge in [-0.15, -0.1) is 11.3 Å². The molecule has 0 saturated carbocycles. The maximum Gasteiger partial charge on any atom is 0.123 e. The smallest absolute Gasteiger partial charge is 0.123 e. The Morgan fingerprint density at radius 3 is 2.59 bits per heavy atom. The Labute approximate surface area is 124 Å². The van der Waals surface area contributed by atoms with Crippen LogP contribution in [-0.4, -0.2) is 0 Å². The molecule has 1 atom stereocenters. The Morgan fingerprint density at radius 1 is 1.29 bits per heavy atom. The number of rotatable bonds is 2. The molecule has 0 aliphatic carbocycles. The highest BCUT2D eigenvalue weighted by atomic mass is 79.9. The lowest BCUT2D eigenvalue weighted by molar-refractivity contribution is 0.624. The lowest BCUT2D eigenvalue weighted by Crippen LogP contribution is -2.11. The predicted molar refractivity (Wildman–Crippen MR) is 77.2 cm³/mol. The van der Waals surface area contributed by atoms with E-state index < -0.39 is 6.04 Å². The second kappa shape index (κ2) is 5.36. The zero-order valence-electron chi connectivity index (χ0n) is 8.38. The molecule has 1 unspecified atom stereocenters. The quantitative estimate of drug-likeness (QED) is 0.746. The van der Waals surface area contributed by atoms with E-state index in [1.165, 1.54) is 29.5 Å². The largest absolute Gasteiger partial charge is 0.320 e. The van der Waals surface area contributed by atoms with E-state index >= 15 is 0 Å². The Balaban J connectivity index is 2.42. The fourth-order valence-corrected chi connectivity index (χ4v) is 3.77. The summed E-state index contributed by atoms with van der Waals surface area (Å²) in [5, 5.41) is 0.472. The fourth-order valence-electron chi connectivity index (χ4n) is 1.42. The lowest BCUT2D eigenvalue weighted by atomic mass is 10.1. The molecule has 1 aromatic heterocycles. The van der Waals surface area contributed by atoms with E-state index in [2.05, 4.69) is 31.9 Å². The summed E-state index contributed by atoms with van der Waals surface area (Å²) in [7, 11) is 0. The third kappa shape index (κ3) is 2.90. The van der Waals surface area contributed by atoms with Crippen LogP contribution in [-0.2, 0) is 0 Å². The molecule has 0 spiro atoms. The molecule has 0 fully saturated rings. The van der Waals surface area contributed by atoms with Gasteiger partial charge in [-0.25, -0.2) is 4.39 Å². The van der Waals surface area contributed by atoms with Crippen LogP contribution in [0.5, 0.6) is 0 Å². The van der Waals surface area contributed by atoms with Gasteiger partial charge in [0.05, 0.1) is 9.83 Å². The van der Waals surface area contributed by atoms with Gasteiger partial charge in [0.15, 0.2) is 0 Å². The SMILES string of the molecule is NC(c1cc(Br)c(Br)s1)c1cc(F)ccc1Cl. The number of thiophene rings is 1. The molecular formula is C11H7Br2ClFNS. The summed E-state index contributed by atoms with van der Waals surface area (Å²) in [4.78, 5) is 0.913. The van der Waals surface area contributed by atoms with Gasteiger partial charge in [0.1, 0.15) is 5.82 Å². The van der Waals surface area contributed by atoms with Crippen molar-refractivity contribution in [1.29, 1.82) is 0 Å². The van der Waals surface area contributed by atoms with Gasteiger partial charge in [-0.3, -0.25) is 0 Å². The highest BCUT2D eigenvalue weighted by molar-refractivity contribution is 9.13. The molecule has 90 valence electrons. The van der Waals surface area contributed by atoms with Gasteiger partial charge in [0.2, 0.25) is 0 Å². The van der Waals surface area contributed by atoms with Crippen molar-refractivity contribution in [2.24, 2.45) is 5.73 Å². The van der Waals surface area contributed by atoms with Crippen LogP contribution >= 0.6 is 54.8 Å². The van der Waals surface area contributed by atoms with Crippen LogP contribution in [0.3, 0.4) is 0 Å². The van der Waals surface area contributed by atoms with Crippen molar-refractivity contribution in [3.63, 3.8) is 0 Å². The minimum absolute atomic E-state index is 0.338. The van der Waals surface area contributed by atoms with E-state index in [0.29, 0.717) is 10.6 Å². The maximum absolute atomic E-state index is 13.2. The second-order valence-corrected chi connectivity index (χ2v) is 7.08. The van der Waals surface area contributed by atoms with E-state index in [1.807, 2.05) is 6.07 Å². The molecule has 0 amide bonds. The van der Waals surface area contributed by atoms with Crippen molar-refractivity contribution < 1.29 is 4.39 Å². The summed E-state index contributed by atoms with van der Waals surface area (Å²) in [5.41, 5.74) is 6.68. The molecule has 0 aliphatic heterocycles. The maximum atomic E-state index is 13.2. The summed E-state index contributed by atoms with van der Waals surface area (Å²) < 4.78 is 15.1. The van der Waals surface area contributed by atoms with E-state index in [1.54, 1.807) is 0 Å². The summed E-state index contributed by atoms with van der Waals surface area (Å²) in [6.07, 6.45) is 0. The molecule has 2 rings (SSSR count). The first-order chi connectivity index (χ1) is 7.99. The van der Waals surface area contributed by atoms with Crippen molar-refractivity contribution in [2.45, 2.75) is 6.04 Å². The zero-order chi connectivity index (χ0) is 12.6. The van der Waals surface area contributed by atoms with Gasteiger partial charge in [-0.2, -0.15) is 0 Å². The van der Waals surface area contributed by atoms with Crippen LogP contribution in [0.1, 0.15) is 16.5 Å². The minimum atomic E-state index is -0.425. The lowest BCUT2D eigenvalue weighted by Gasteiger charge is -2.11. The normalized spacial score (nSPS) is 12.8. The van der Waals surface area contributed by atoms with Gasteiger partial charge < -0.3 is 5.73 Å². The van der Waals surface area contributed by atoms with Crippen molar-refractivity contribution in [1.82, 2.24) is 0 Å². The van der Waals surface area contributed by atoms with Crippen LogP contribution < -0.4 is 5.73 Å². The molecule has 17 heavy (non-hydrogen) atoms. The Hall–Kier alpha value is 0.0600. The van der Waals surface area contributed by atoms with Gasteiger partial charge in [0.25, 0.3) is 0 Å². The first-order valence-corrected chi connectivity index (χ1v) is 7.42. The molecule has 1 nitrogen and oxygen atoms in total. The fraction of sp³-hybridized carbons (Fsp3) is 0.0909. The summed E-state index contributed by atoms with van der Waals surface area (Å²) in [6, 6.07) is 5.68. The van der Waals surface area contributed by atoms with Crippen LogP contribution in [0, 0.1) is 5.82 Å². The average Bonchev–Trinajstić information content (AvgIpc) is 2.62. The molecule has 1 heterocycles. The summed E-state index contributed by atoms with van der Waals surface area (Å²) in [5.74, 6) is -0.338. The summed E-state index contributed by atoms with van der Waals surface area (Å²) in [6.45, 7) is 0. The van der Waals surface area contributed by atoms with Gasteiger partial charge >= 0.3 is 0 Å². The highest BCUT2D eigenvalue weighted by Crippen LogP contribution is 2.38. The number of benzene rings is 1. The monoisotopic (exact) mass is 397 g/mol. The third-order valence-electron chi connectivity index (χ3n) is 2.26. The molecular weight excluding hydrogens is 392 g/mol.